The van der Waals surface area contributed by atoms with Crippen molar-refractivity contribution in [3.05, 3.63) is 23.4 Å². The van der Waals surface area contributed by atoms with E-state index in [1.54, 1.807) is 54.5 Å². The van der Waals surface area contributed by atoms with E-state index >= 15 is 0 Å². The number of nitrogens with zero attached hydrogens (tertiary/aromatic N) is 2. The molecule has 41 heavy (non-hydrogen) atoms. The maximum absolute atomic E-state index is 13.3. The van der Waals surface area contributed by atoms with Gasteiger partial charge in [0.1, 0.15) is 16.6 Å². The van der Waals surface area contributed by atoms with E-state index in [2.05, 4.69) is 15.6 Å². The Morgan fingerprint density at radius 3 is 1.95 bits per heavy atom. The van der Waals surface area contributed by atoms with Crippen LogP contribution < -0.4 is 16.1 Å². The molecule has 0 fully saturated rings. The minimum Gasteiger partial charge on any atom is -0.469 e. The van der Waals surface area contributed by atoms with E-state index < -0.39 is 30.8 Å². The average Bonchev–Trinajstić information content (AvgIpc) is 2.81. The topological polar surface area (TPSA) is 145 Å². The van der Waals surface area contributed by atoms with Crippen LogP contribution in [0.15, 0.2) is 12.1 Å². The minimum atomic E-state index is -3.18. The highest BCUT2D eigenvalue weighted by Crippen LogP contribution is 2.40. The second-order valence-electron chi connectivity index (χ2n) is 11.7. The molecule has 1 atom stereocenters. The molecule has 0 aliphatic heterocycles. The number of ether oxygens (including phenoxy) is 3. The standard InChI is InChI=1S/C28H49N4O8P/c1-10-38-41(9,36)23-19-21(12-11-13-24(33)37-8)18-22(31-23)20-32(16-14-29-25(34)39-27(2,3)4)17-15-30-26(35)40-28(5,6)7/h18-19H,10-17,20H2,1-9H3,(H,29,34)(H,30,35). The van der Waals surface area contributed by atoms with Gasteiger partial charge in [0.2, 0.25) is 7.37 Å². The molecule has 234 valence electrons. The number of carbonyl (C=O) groups excluding carboxylic acids is 3. The molecular formula is C28H49N4O8P. The number of esters is 1. The molecular weight excluding hydrogens is 551 g/mol. The maximum Gasteiger partial charge on any atom is 0.407 e. The summed E-state index contributed by atoms with van der Waals surface area (Å²) in [5, 5.41) is 5.50. The molecule has 1 heterocycles. The summed E-state index contributed by atoms with van der Waals surface area (Å²) in [5.41, 5.74) is 0.624. The monoisotopic (exact) mass is 600 g/mol. The van der Waals surface area contributed by atoms with E-state index in [0.29, 0.717) is 43.6 Å². The largest absolute Gasteiger partial charge is 0.469 e. The van der Waals surface area contributed by atoms with Crippen LogP contribution in [-0.4, -0.2) is 85.8 Å². The van der Waals surface area contributed by atoms with Gasteiger partial charge in [-0.1, -0.05) is 0 Å². The normalized spacial score (nSPS) is 13.3. The number of aryl methyl sites for hydroxylation is 1. The molecule has 12 nitrogen and oxygen atoms in total. The number of alkyl carbamates (subject to hydrolysis) is 2. The van der Waals surface area contributed by atoms with Gasteiger partial charge in [0, 0.05) is 45.8 Å². The number of amides is 2. The summed E-state index contributed by atoms with van der Waals surface area (Å²) in [6.45, 7) is 16.1. The van der Waals surface area contributed by atoms with Crippen molar-refractivity contribution in [3.63, 3.8) is 0 Å². The van der Waals surface area contributed by atoms with E-state index in [1.807, 2.05) is 11.0 Å². The summed E-state index contributed by atoms with van der Waals surface area (Å²) in [5.74, 6) is -0.295. The summed E-state index contributed by atoms with van der Waals surface area (Å²) in [6.07, 6.45) is 0.324. The summed E-state index contributed by atoms with van der Waals surface area (Å²) < 4.78 is 34.2. The molecule has 0 bridgehead atoms. The lowest BCUT2D eigenvalue weighted by Crippen LogP contribution is -2.41. The number of nitrogens with one attached hydrogen (secondary N) is 2. The van der Waals surface area contributed by atoms with E-state index in [1.165, 1.54) is 13.8 Å². The van der Waals surface area contributed by atoms with Gasteiger partial charge in [-0.3, -0.25) is 14.3 Å². The molecule has 2 amide bonds. The molecule has 1 aromatic rings. The Kier molecular flexibility index (Phi) is 14.8. The summed E-state index contributed by atoms with van der Waals surface area (Å²) in [7, 11) is -1.82. The molecule has 0 spiro atoms. The van der Waals surface area contributed by atoms with Gasteiger partial charge in [-0.05, 0) is 79.0 Å². The molecule has 1 rings (SSSR count). The predicted molar refractivity (Wildman–Crippen MR) is 158 cm³/mol. The lowest BCUT2D eigenvalue weighted by Gasteiger charge is -2.25. The predicted octanol–water partition coefficient (Wildman–Crippen LogP) is 4.00. The Hall–Kier alpha value is -2.69. The molecule has 0 saturated heterocycles. The highest BCUT2D eigenvalue weighted by atomic mass is 31.2. The zero-order chi connectivity index (χ0) is 31.3. The minimum absolute atomic E-state index is 0.261. The van der Waals surface area contributed by atoms with Crippen LogP contribution in [0.4, 0.5) is 9.59 Å². The van der Waals surface area contributed by atoms with Crippen molar-refractivity contribution in [1.82, 2.24) is 20.5 Å². The first kappa shape index (κ1) is 36.3. The van der Waals surface area contributed by atoms with Gasteiger partial charge < -0.3 is 29.4 Å². The van der Waals surface area contributed by atoms with E-state index in [9.17, 15) is 18.9 Å². The van der Waals surface area contributed by atoms with Crippen LogP contribution in [-0.2, 0) is 41.1 Å². The number of hydrogen-bond acceptors (Lipinski definition) is 10. The zero-order valence-electron chi connectivity index (χ0n) is 26.1. The molecule has 0 saturated carbocycles. The number of rotatable bonds is 15. The highest BCUT2D eigenvalue weighted by Gasteiger charge is 2.23. The first-order valence-corrected chi connectivity index (χ1v) is 16.0. The molecule has 1 aromatic heterocycles. The van der Waals surface area contributed by atoms with Gasteiger partial charge >= 0.3 is 18.2 Å². The van der Waals surface area contributed by atoms with Crippen LogP contribution in [0.25, 0.3) is 0 Å². The fraction of sp³-hybridized carbons (Fsp3) is 0.714. The van der Waals surface area contributed by atoms with Gasteiger partial charge in [0.25, 0.3) is 0 Å². The summed E-state index contributed by atoms with van der Waals surface area (Å²) in [6, 6.07) is 3.66. The van der Waals surface area contributed by atoms with Crippen molar-refractivity contribution < 1.29 is 37.7 Å². The molecule has 0 radical (unpaired) electrons. The van der Waals surface area contributed by atoms with Gasteiger partial charge in [-0.15, -0.1) is 0 Å². The quantitative estimate of drug-likeness (QED) is 0.172. The average molecular weight is 601 g/mol. The fourth-order valence-corrected chi connectivity index (χ4v) is 5.01. The Balaban J connectivity index is 3.12. The molecule has 1 unspecified atom stereocenters. The van der Waals surface area contributed by atoms with E-state index in [0.717, 1.165) is 5.56 Å². The second-order valence-corrected chi connectivity index (χ2v) is 14.1. The van der Waals surface area contributed by atoms with E-state index in [4.69, 9.17) is 18.7 Å². The molecule has 0 aliphatic rings. The lowest BCUT2D eigenvalue weighted by molar-refractivity contribution is -0.140. The van der Waals surface area contributed by atoms with Crippen LogP contribution in [0.2, 0.25) is 0 Å². The van der Waals surface area contributed by atoms with Crippen molar-refractivity contribution in [2.75, 3.05) is 46.6 Å². The highest BCUT2D eigenvalue weighted by molar-refractivity contribution is 7.65. The van der Waals surface area contributed by atoms with Gasteiger partial charge in [-0.25, -0.2) is 14.6 Å². The number of carbonyl (C=O) groups is 3. The number of pyridine rings is 1. The van der Waals surface area contributed by atoms with Crippen molar-refractivity contribution >= 4 is 31.0 Å². The summed E-state index contributed by atoms with van der Waals surface area (Å²) in [4.78, 5) is 42.6. The van der Waals surface area contributed by atoms with Crippen LogP contribution in [0.5, 0.6) is 0 Å². The van der Waals surface area contributed by atoms with Crippen molar-refractivity contribution in [3.8, 4) is 0 Å². The molecule has 2 N–H and O–H groups in total. The van der Waals surface area contributed by atoms with Crippen molar-refractivity contribution in [1.29, 1.82) is 0 Å². The molecule has 13 heteroatoms. The van der Waals surface area contributed by atoms with Crippen molar-refractivity contribution in [2.24, 2.45) is 0 Å². The Morgan fingerprint density at radius 1 is 0.951 bits per heavy atom. The first-order chi connectivity index (χ1) is 18.9. The number of hydrogen-bond donors (Lipinski definition) is 2. The summed E-state index contributed by atoms with van der Waals surface area (Å²) >= 11 is 0. The lowest BCUT2D eigenvalue weighted by atomic mass is 10.1. The molecule has 0 aromatic carbocycles. The van der Waals surface area contributed by atoms with E-state index in [-0.39, 0.29) is 32.1 Å². The molecule has 0 aliphatic carbocycles. The van der Waals surface area contributed by atoms with Crippen LogP contribution in [0, 0.1) is 0 Å². The van der Waals surface area contributed by atoms with Crippen LogP contribution in [0.3, 0.4) is 0 Å². The third-order valence-corrected chi connectivity index (χ3v) is 7.18. The SMILES string of the molecule is CCOP(C)(=O)c1cc(CCCC(=O)OC)cc(CN(CCNC(=O)OC(C)(C)C)CCNC(=O)OC(C)(C)C)n1. The van der Waals surface area contributed by atoms with Gasteiger partial charge in [-0.2, -0.15) is 0 Å². The third-order valence-electron chi connectivity index (χ3n) is 5.37. The maximum atomic E-state index is 13.3. The van der Waals surface area contributed by atoms with Crippen LogP contribution >= 0.6 is 7.37 Å². The Morgan fingerprint density at radius 2 is 1.49 bits per heavy atom. The fourth-order valence-electron chi connectivity index (χ4n) is 3.68. The Labute approximate surface area is 244 Å². The first-order valence-electron chi connectivity index (χ1n) is 13.9. The van der Waals surface area contributed by atoms with Gasteiger partial charge in [0.15, 0.2) is 0 Å². The van der Waals surface area contributed by atoms with Crippen molar-refractivity contribution in [2.45, 2.75) is 85.5 Å². The van der Waals surface area contributed by atoms with Crippen LogP contribution in [0.1, 0.15) is 72.6 Å². The third kappa shape index (κ3) is 16.4. The number of aromatic nitrogens is 1. The second kappa shape index (κ2) is 16.7. The zero-order valence-corrected chi connectivity index (χ0v) is 27.0. The smallest absolute Gasteiger partial charge is 0.407 e. The van der Waals surface area contributed by atoms with Gasteiger partial charge in [0.05, 0.1) is 19.4 Å². The Bertz CT molecular complexity index is 1020. The number of methoxy groups -OCH3 is 1.